The molecular weight excluding hydrogens is 451 g/mol. The lowest BCUT2D eigenvalue weighted by Crippen LogP contribution is -2.23. The molecule has 1 aromatic rings. The van der Waals surface area contributed by atoms with Gasteiger partial charge in [0.2, 0.25) is 0 Å². The molecule has 1 rings (SSSR count). The van der Waals surface area contributed by atoms with Crippen LogP contribution in [0.4, 0.5) is 0 Å². The molecule has 0 spiro atoms. The number of hydrogen-bond acceptors (Lipinski definition) is 3. The zero-order chi connectivity index (χ0) is 19.6. The molecule has 156 valence electrons. The highest BCUT2D eigenvalue weighted by molar-refractivity contribution is 14.1. The maximum Gasteiger partial charge on any atom is 0.104 e. The fourth-order valence-electron chi connectivity index (χ4n) is 3.22. The van der Waals surface area contributed by atoms with E-state index in [1.54, 1.807) is 14.2 Å². The smallest absolute Gasteiger partial charge is 0.104 e. The lowest BCUT2D eigenvalue weighted by Gasteiger charge is -2.14. The Hall–Kier alpha value is -0.170. The standard InChI is InChI=1S/C23H39IO3/c1-25-19-23(26-2)20-27-17-12-10-8-6-4-3-5-7-9-11-14-21-15-13-16-22(24)18-21/h13,15-16,18,23H,3-12,14,17,19-20H2,1-2H3. The number of methoxy groups -OCH3 is 2. The summed E-state index contributed by atoms with van der Waals surface area (Å²) in [6.45, 7) is 2.07. The van der Waals surface area contributed by atoms with Gasteiger partial charge in [-0.15, -0.1) is 0 Å². The maximum absolute atomic E-state index is 5.65. The Labute approximate surface area is 180 Å². The third kappa shape index (κ3) is 14.5. The summed E-state index contributed by atoms with van der Waals surface area (Å²) in [5, 5.41) is 0. The normalized spacial score (nSPS) is 12.4. The molecule has 0 aromatic heterocycles. The maximum atomic E-state index is 5.65. The minimum Gasteiger partial charge on any atom is -0.382 e. The van der Waals surface area contributed by atoms with Gasteiger partial charge in [0, 0.05) is 24.4 Å². The van der Waals surface area contributed by atoms with E-state index in [-0.39, 0.29) is 6.10 Å². The molecule has 0 aliphatic heterocycles. The summed E-state index contributed by atoms with van der Waals surface area (Å²) in [7, 11) is 3.40. The summed E-state index contributed by atoms with van der Waals surface area (Å²) in [6, 6.07) is 8.89. The monoisotopic (exact) mass is 490 g/mol. The predicted molar refractivity (Wildman–Crippen MR) is 123 cm³/mol. The van der Waals surface area contributed by atoms with Gasteiger partial charge in [-0.05, 0) is 59.5 Å². The van der Waals surface area contributed by atoms with Crippen molar-refractivity contribution in [2.75, 3.05) is 34.0 Å². The molecule has 0 N–H and O–H groups in total. The molecule has 0 heterocycles. The second kappa shape index (κ2) is 17.9. The molecule has 0 aliphatic rings. The minimum absolute atomic E-state index is 0.0615. The van der Waals surface area contributed by atoms with Crippen LogP contribution in [0, 0.1) is 3.57 Å². The summed E-state index contributed by atoms with van der Waals surface area (Å²) in [5.41, 5.74) is 1.49. The van der Waals surface area contributed by atoms with Crippen molar-refractivity contribution in [2.24, 2.45) is 0 Å². The Bertz CT molecular complexity index is 453. The molecule has 3 nitrogen and oxygen atoms in total. The van der Waals surface area contributed by atoms with E-state index in [2.05, 4.69) is 46.9 Å². The van der Waals surface area contributed by atoms with Crippen molar-refractivity contribution >= 4 is 22.6 Å². The third-order valence-corrected chi connectivity index (χ3v) is 5.55. The highest BCUT2D eigenvalue weighted by Gasteiger charge is 2.06. The molecule has 27 heavy (non-hydrogen) atoms. The summed E-state index contributed by atoms with van der Waals surface area (Å²) < 4.78 is 17.4. The first-order valence-corrected chi connectivity index (χ1v) is 11.7. The van der Waals surface area contributed by atoms with E-state index in [0.717, 1.165) is 13.0 Å². The van der Waals surface area contributed by atoms with E-state index in [4.69, 9.17) is 14.2 Å². The number of unbranched alkanes of at least 4 members (excludes halogenated alkanes) is 9. The van der Waals surface area contributed by atoms with Gasteiger partial charge in [0.15, 0.2) is 0 Å². The Morgan fingerprint density at radius 2 is 1.44 bits per heavy atom. The lowest BCUT2D eigenvalue weighted by molar-refractivity contribution is -0.0308. The van der Waals surface area contributed by atoms with Gasteiger partial charge < -0.3 is 14.2 Å². The molecule has 1 unspecified atom stereocenters. The average Bonchev–Trinajstić information content (AvgIpc) is 2.67. The fourth-order valence-corrected chi connectivity index (χ4v) is 3.83. The van der Waals surface area contributed by atoms with Crippen LogP contribution in [0.3, 0.4) is 0 Å². The SMILES string of the molecule is COCC(COCCCCCCCCCCCCc1cccc(I)c1)OC. The van der Waals surface area contributed by atoms with Gasteiger partial charge in [-0.1, -0.05) is 63.5 Å². The van der Waals surface area contributed by atoms with E-state index in [1.807, 2.05) is 0 Å². The number of hydrogen-bond donors (Lipinski definition) is 0. The van der Waals surface area contributed by atoms with Gasteiger partial charge >= 0.3 is 0 Å². The zero-order valence-corrected chi connectivity index (χ0v) is 19.5. The van der Waals surface area contributed by atoms with Gasteiger partial charge in [-0.2, -0.15) is 0 Å². The largest absolute Gasteiger partial charge is 0.382 e. The Morgan fingerprint density at radius 1 is 0.815 bits per heavy atom. The van der Waals surface area contributed by atoms with Crippen molar-refractivity contribution in [3.63, 3.8) is 0 Å². The number of halogens is 1. The summed E-state index contributed by atoms with van der Waals surface area (Å²) in [5.74, 6) is 0. The minimum atomic E-state index is 0.0615. The van der Waals surface area contributed by atoms with Crippen LogP contribution in [0.2, 0.25) is 0 Å². The number of ether oxygens (including phenoxy) is 3. The first-order valence-electron chi connectivity index (χ1n) is 10.6. The third-order valence-electron chi connectivity index (χ3n) is 4.88. The van der Waals surface area contributed by atoms with E-state index < -0.39 is 0 Å². The zero-order valence-electron chi connectivity index (χ0n) is 17.4. The van der Waals surface area contributed by atoms with Crippen molar-refractivity contribution in [1.29, 1.82) is 0 Å². The summed E-state index contributed by atoms with van der Waals surface area (Å²) in [4.78, 5) is 0. The Kier molecular flexibility index (Phi) is 16.5. The van der Waals surface area contributed by atoms with Gasteiger partial charge in [0.25, 0.3) is 0 Å². The van der Waals surface area contributed by atoms with E-state index in [1.165, 1.54) is 73.3 Å². The van der Waals surface area contributed by atoms with Gasteiger partial charge in [-0.3, -0.25) is 0 Å². The molecular formula is C23H39IO3. The first-order chi connectivity index (χ1) is 13.3. The first kappa shape index (κ1) is 24.9. The molecule has 1 aromatic carbocycles. The van der Waals surface area contributed by atoms with E-state index in [9.17, 15) is 0 Å². The van der Waals surface area contributed by atoms with Crippen LogP contribution < -0.4 is 0 Å². The molecule has 0 amide bonds. The Balaban J connectivity index is 1.79. The quantitative estimate of drug-likeness (QED) is 0.176. The van der Waals surface area contributed by atoms with Gasteiger partial charge in [-0.25, -0.2) is 0 Å². The molecule has 0 aliphatic carbocycles. The van der Waals surface area contributed by atoms with Gasteiger partial charge in [0.1, 0.15) is 6.10 Å². The number of rotatable bonds is 18. The van der Waals surface area contributed by atoms with Crippen LogP contribution >= 0.6 is 22.6 Å². The van der Waals surface area contributed by atoms with Crippen molar-refractivity contribution < 1.29 is 14.2 Å². The summed E-state index contributed by atoms with van der Waals surface area (Å²) >= 11 is 2.40. The molecule has 0 fully saturated rings. The van der Waals surface area contributed by atoms with Crippen molar-refractivity contribution in [2.45, 2.75) is 76.7 Å². The van der Waals surface area contributed by atoms with Crippen LogP contribution in [0.25, 0.3) is 0 Å². The molecule has 0 bridgehead atoms. The van der Waals surface area contributed by atoms with Crippen molar-refractivity contribution in [3.8, 4) is 0 Å². The van der Waals surface area contributed by atoms with Crippen molar-refractivity contribution in [3.05, 3.63) is 33.4 Å². The van der Waals surface area contributed by atoms with Crippen LogP contribution in [0.1, 0.15) is 69.8 Å². The molecule has 0 radical (unpaired) electrons. The lowest BCUT2D eigenvalue weighted by atomic mass is 10.0. The predicted octanol–water partition coefficient (Wildman–Crippen LogP) is 6.41. The van der Waals surface area contributed by atoms with Crippen LogP contribution in [0.15, 0.2) is 24.3 Å². The highest BCUT2D eigenvalue weighted by atomic mass is 127. The number of aryl methyl sites for hydroxylation is 1. The fraction of sp³-hybridized carbons (Fsp3) is 0.739. The molecule has 1 atom stereocenters. The van der Waals surface area contributed by atoms with E-state index in [0.29, 0.717) is 13.2 Å². The second-order valence-corrected chi connectivity index (χ2v) is 8.55. The molecule has 0 saturated carbocycles. The average molecular weight is 490 g/mol. The second-order valence-electron chi connectivity index (χ2n) is 7.30. The van der Waals surface area contributed by atoms with Gasteiger partial charge in [0.05, 0.1) is 13.2 Å². The van der Waals surface area contributed by atoms with Crippen LogP contribution in [-0.2, 0) is 20.6 Å². The highest BCUT2D eigenvalue weighted by Crippen LogP contribution is 2.14. The van der Waals surface area contributed by atoms with Crippen LogP contribution in [0.5, 0.6) is 0 Å². The Morgan fingerprint density at radius 3 is 2.04 bits per heavy atom. The number of benzene rings is 1. The molecule has 0 saturated heterocycles. The topological polar surface area (TPSA) is 27.7 Å². The van der Waals surface area contributed by atoms with E-state index >= 15 is 0 Å². The summed E-state index contributed by atoms with van der Waals surface area (Å²) in [6.07, 6.45) is 14.7. The van der Waals surface area contributed by atoms with Crippen LogP contribution in [-0.4, -0.2) is 40.1 Å². The molecule has 4 heteroatoms. The van der Waals surface area contributed by atoms with Crippen molar-refractivity contribution in [1.82, 2.24) is 0 Å².